The maximum absolute atomic E-state index is 11.1. The van der Waals surface area contributed by atoms with E-state index in [-0.39, 0.29) is 5.91 Å². The van der Waals surface area contributed by atoms with Gasteiger partial charge in [-0.25, -0.2) is 0 Å². The van der Waals surface area contributed by atoms with Crippen LogP contribution in [-0.2, 0) is 4.79 Å². The second kappa shape index (κ2) is 2.73. The minimum absolute atomic E-state index is 0.243. The molecule has 0 spiro atoms. The van der Waals surface area contributed by atoms with Gasteiger partial charge in [0.25, 0.3) is 0 Å². The summed E-state index contributed by atoms with van der Waals surface area (Å²) in [6.45, 7) is 6.00. The van der Waals surface area contributed by atoms with Crippen molar-refractivity contribution in [2.24, 2.45) is 11.8 Å². The molecule has 0 aromatic carbocycles. The molecular formula is C9H16N2O. The minimum Gasteiger partial charge on any atom is -0.342 e. The molecule has 12 heavy (non-hydrogen) atoms. The third-order valence-electron chi connectivity index (χ3n) is 3.11. The molecule has 2 saturated heterocycles. The lowest BCUT2D eigenvalue weighted by molar-refractivity contribution is -0.128. The molecule has 0 aromatic rings. The zero-order valence-electron chi connectivity index (χ0n) is 7.79. The highest BCUT2D eigenvalue weighted by atomic mass is 16.2. The van der Waals surface area contributed by atoms with Crippen LogP contribution in [0.1, 0.15) is 6.92 Å². The van der Waals surface area contributed by atoms with Crippen LogP contribution in [0.25, 0.3) is 0 Å². The average molecular weight is 168 g/mol. The molecule has 2 fully saturated rings. The Labute approximate surface area is 73.3 Å². The molecule has 2 atom stereocenters. The van der Waals surface area contributed by atoms with Gasteiger partial charge < -0.3 is 9.80 Å². The van der Waals surface area contributed by atoms with Crippen molar-refractivity contribution in [3.63, 3.8) is 0 Å². The highest BCUT2D eigenvalue weighted by Gasteiger charge is 2.39. The van der Waals surface area contributed by atoms with Gasteiger partial charge in [-0.05, 0) is 18.9 Å². The van der Waals surface area contributed by atoms with Crippen molar-refractivity contribution >= 4 is 5.91 Å². The predicted molar refractivity (Wildman–Crippen MR) is 46.7 cm³/mol. The van der Waals surface area contributed by atoms with E-state index in [0.717, 1.165) is 24.9 Å². The highest BCUT2D eigenvalue weighted by molar-refractivity contribution is 5.73. The predicted octanol–water partition coefficient (Wildman–Crippen LogP) is 0.0263. The van der Waals surface area contributed by atoms with Gasteiger partial charge in [-0.1, -0.05) is 0 Å². The summed E-state index contributed by atoms with van der Waals surface area (Å²) in [6.07, 6.45) is 0. The molecule has 0 N–H and O–H groups in total. The second-order valence-corrected chi connectivity index (χ2v) is 4.17. The van der Waals surface area contributed by atoms with Gasteiger partial charge in [-0.15, -0.1) is 0 Å². The molecule has 0 aromatic heterocycles. The number of nitrogens with zero attached hydrogens (tertiary/aromatic N) is 2. The van der Waals surface area contributed by atoms with E-state index in [1.807, 2.05) is 4.90 Å². The summed E-state index contributed by atoms with van der Waals surface area (Å²) in [6, 6.07) is 0. The van der Waals surface area contributed by atoms with E-state index in [4.69, 9.17) is 0 Å². The maximum Gasteiger partial charge on any atom is 0.219 e. The Morgan fingerprint density at radius 2 is 1.67 bits per heavy atom. The van der Waals surface area contributed by atoms with Crippen molar-refractivity contribution in [1.29, 1.82) is 0 Å². The van der Waals surface area contributed by atoms with Crippen LogP contribution < -0.4 is 0 Å². The Morgan fingerprint density at radius 1 is 1.17 bits per heavy atom. The van der Waals surface area contributed by atoms with Gasteiger partial charge in [0.05, 0.1) is 0 Å². The van der Waals surface area contributed by atoms with Crippen molar-refractivity contribution in [1.82, 2.24) is 9.80 Å². The Hall–Kier alpha value is -0.570. The summed E-state index contributed by atoms with van der Waals surface area (Å²) in [5.74, 6) is 1.74. The van der Waals surface area contributed by atoms with Crippen LogP contribution in [0.2, 0.25) is 0 Å². The standard InChI is InChI=1S/C9H16N2O/c1-7(12)11-5-8-3-10(2)4-9(8)6-11/h8-9H,3-6H2,1-2H3. The lowest BCUT2D eigenvalue weighted by Crippen LogP contribution is -2.30. The van der Waals surface area contributed by atoms with Gasteiger partial charge in [-0.2, -0.15) is 0 Å². The van der Waals surface area contributed by atoms with E-state index in [0.29, 0.717) is 0 Å². The molecule has 2 aliphatic rings. The quantitative estimate of drug-likeness (QED) is 0.509. The van der Waals surface area contributed by atoms with Crippen molar-refractivity contribution in [3.8, 4) is 0 Å². The Morgan fingerprint density at radius 3 is 2.08 bits per heavy atom. The van der Waals surface area contributed by atoms with E-state index in [2.05, 4.69) is 11.9 Å². The molecule has 2 aliphatic heterocycles. The zero-order valence-corrected chi connectivity index (χ0v) is 7.79. The number of rotatable bonds is 0. The lowest BCUT2D eigenvalue weighted by Gasteiger charge is -2.17. The first kappa shape index (κ1) is 8.05. The van der Waals surface area contributed by atoms with Crippen molar-refractivity contribution in [2.75, 3.05) is 33.2 Å². The lowest BCUT2D eigenvalue weighted by atomic mass is 10.0. The van der Waals surface area contributed by atoms with E-state index in [1.54, 1.807) is 6.92 Å². The molecule has 1 amide bonds. The second-order valence-electron chi connectivity index (χ2n) is 4.17. The fraction of sp³-hybridized carbons (Fsp3) is 0.889. The number of amides is 1. The summed E-state index contributed by atoms with van der Waals surface area (Å²) in [4.78, 5) is 15.4. The maximum atomic E-state index is 11.1. The molecule has 2 heterocycles. The van der Waals surface area contributed by atoms with E-state index < -0.39 is 0 Å². The molecule has 0 aliphatic carbocycles. The minimum atomic E-state index is 0.243. The van der Waals surface area contributed by atoms with Crippen LogP contribution in [-0.4, -0.2) is 48.9 Å². The smallest absolute Gasteiger partial charge is 0.219 e. The summed E-state index contributed by atoms with van der Waals surface area (Å²) in [5, 5.41) is 0. The molecule has 2 unspecified atom stereocenters. The van der Waals surface area contributed by atoms with Crippen LogP contribution in [0.3, 0.4) is 0 Å². The van der Waals surface area contributed by atoms with Gasteiger partial charge >= 0.3 is 0 Å². The van der Waals surface area contributed by atoms with Crippen molar-refractivity contribution in [2.45, 2.75) is 6.92 Å². The van der Waals surface area contributed by atoms with Gasteiger partial charge in [0.2, 0.25) is 5.91 Å². The van der Waals surface area contributed by atoms with Gasteiger partial charge in [0.15, 0.2) is 0 Å². The number of fused-ring (bicyclic) bond motifs is 1. The summed E-state index contributed by atoms with van der Waals surface area (Å²) in [7, 11) is 2.16. The first-order valence-electron chi connectivity index (χ1n) is 4.61. The van der Waals surface area contributed by atoms with Crippen LogP contribution in [0.4, 0.5) is 0 Å². The Kier molecular flexibility index (Phi) is 1.83. The van der Waals surface area contributed by atoms with Crippen molar-refractivity contribution < 1.29 is 4.79 Å². The van der Waals surface area contributed by atoms with Crippen LogP contribution in [0, 0.1) is 11.8 Å². The normalized spacial score (nSPS) is 35.7. The Balaban J connectivity index is 1.98. The largest absolute Gasteiger partial charge is 0.342 e. The van der Waals surface area contributed by atoms with E-state index >= 15 is 0 Å². The molecule has 3 nitrogen and oxygen atoms in total. The van der Waals surface area contributed by atoms with Gasteiger partial charge in [0.1, 0.15) is 0 Å². The number of hydrogen-bond acceptors (Lipinski definition) is 2. The molecular weight excluding hydrogens is 152 g/mol. The molecule has 0 saturated carbocycles. The summed E-state index contributed by atoms with van der Waals surface area (Å²) < 4.78 is 0. The number of carbonyl (C=O) groups is 1. The topological polar surface area (TPSA) is 23.6 Å². The van der Waals surface area contributed by atoms with Gasteiger partial charge in [0, 0.05) is 33.1 Å². The third-order valence-corrected chi connectivity index (χ3v) is 3.11. The first-order chi connectivity index (χ1) is 5.66. The zero-order chi connectivity index (χ0) is 8.72. The van der Waals surface area contributed by atoms with E-state index in [1.165, 1.54) is 13.1 Å². The average Bonchev–Trinajstić information content (AvgIpc) is 2.42. The molecule has 2 rings (SSSR count). The first-order valence-corrected chi connectivity index (χ1v) is 4.61. The summed E-state index contributed by atoms with van der Waals surface area (Å²) in [5.41, 5.74) is 0. The summed E-state index contributed by atoms with van der Waals surface area (Å²) >= 11 is 0. The number of likely N-dealkylation sites (tertiary alicyclic amines) is 2. The van der Waals surface area contributed by atoms with Crippen LogP contribution in [0.5, 0.6) is 0 Å². The number of hydrogen-bond donors (Lipinski definition) is 0. The molecule has 68 valence electrons. The SMILES string of the molecule is CC(=O)N1CC2CN(C)CC2C1. The van der Waals surface area contributed by atoms with E-state index in [9.17, 15) is 4.79 Å². The fourth-order valence-corrected chi connectivity index (χ4v) is 2.48. The third kappa shape index (κ3) is 1.22. The fourth-order valence-electron chi connectivity index (χ4n) is 2.48. The Bertz CT molecular complexity index is 191. The monoisotopic (exact) mass is 168 g/mol. The molecule has 3 heteroatoms. The van der Waals surface area contributed by atoms with Crippen LogP contribution in [0.15, 0.2) is 0 Å². The molecule has 0 radical (unpaired) electrons. The van der Waals surface area contributed by atoms with Crippen molar-refractivity contribution in [3.05, 3.63) is 0 Å². The van der Waals surface area contributed by atoms with Gasteiger partial charge in [-0.3, -0.25) is 4.79 Å². The molecule has 0 bridgehead atoms. The van der Waals surface area contributed by atoms with Crippen LogP contribution >= 0.6 is 0 Å². The number of carbonyl (C=O) groups excluding carboxylic acids is 1. The highest BCUT2D eigenvalue weighted by Crippen LogP contribution is 2.29.